The van der Waals surface area contributed by atoms with Crippen LogP contribution >= 0.6 is 0 Å². The molecule has 2 nitrogen and oxygen atoms in total. The first-order valence-corrected chi connectivity index (χ1v) is 7.79. The predicted molar refractivity (Wildman–Crippen MR) is 80.6 cm³/mol. The number of rotatable bonds is 9. The third kappa shape index (κ3) is 4.87. The third-order valence-electron chi connectivity index (χ3n) is 3.64. The number of hydrogen-bond donors (Lipinski definition) is 1. The molecule has 1 saturated carbocycles. The molecule has 0 heterocycles. The summed E-state index contributed by atoms with van der Waals surface area (Å²) in [6.07, 6.45) is 6.35. The van der Waals surface area contributed by atoms with Crippen molar-refractivity contribution in [3.8, 4) is 5.75 Å². The van der Waals surface area contributed by atoms with Crippen LogP contribution in [0.25, 0.3) is 0 Å². The second-order valence-electron chi connectivity index (χ2n) is 5.61. The summed E-state index contributed by atoms with van der Waals surface area (Å²) in [7, 11) is 0. The third-order valence-corrected chi connectivity index (χ3v) is 3.64. The number of ether oxygens (including phenoxy) is 1. The fourth-order valence-electron chi connectivity index (χ4n) is 2.38. The van der Waals surface area contributed by atoms with Crippen molar-refractivity contribution in [3.05, 3.63) is 29.8 Å². The van der Waals surface area contributed by atoms with Crippen LogP contribution in [-0.2, 0) is 0 Å². The predicted octanol–water partition coefficient (Wildman–Crippen LogP) is 4.32. The van der Waals surface area contributed by atoms with Gasteiger partial charge in [-0.2, -0.15) is 0 Å². The molecule has 0 spiro atoms. The monoisotopic (exact) mass is 261 g/mol. The van der Waals surface area contributed by atoms with Crippen molar-refractivity contribution < 1.29 is 4.74 Å². The Hall–Kier alpha value is -1.02. The smallest absolute Gasteiger partial charge is 0.119 e. The van der Waals surface area contributed by atoms with Gasteiger partial charge in [0.1, 0.15) is 5.75 Å². The molecule has 1 aromatic carbocycles. The molecule has 0 aliphatic heterocycles. The van der Waals surface area contributed by atoms with E-state index in [0.29, 0.717) is 6.04 Å². The maximum atomic E-state index is 5.74. The Morgan fingerprint density at radius 3 is 2.79 bits per heavy atom. The molecular formula is C17H27NO. The van der Waals surface area contributed by atoms with Crippen LogP contribution in [0.3, 0.4) is 0 Å². The molecule has 2 heteroatoms. The number of hydrogen-bond acceptors (Lipinski definition) is 2. The van der Waals surface area contributed by atoms with Gasteiger partial charge in [0.25, 0.3) is 0 Å². The van der Waals surface area contributed by atoms with Gasteiger partial charge in [-0.3, -0.25) is 0 Å². The van der Waals surface area contributed by atoms with Crippen LogP contribution in [0.15, 0.2) is 24.3 Å². The molecule has 1 N–H and O–H groups in total. The topological polar surface area (TPSA) is 21.3 Å². The molecule has 2 rings (SSSR count). The number of benzene rings is 1. The van der Waals surface area contributed by atoms with Gasteiger partial charge in [-0.25, -0.2) is 0 Å². The lowest BCUT2D eigenvalue weighted by molar-refractivity contribution is 0.316. The molecule has 0 saturated heterocycles. The molecule has 1 aliphatic carbocycles. The molecule has 0 bridgehead atoms. The zero-order valence-electron chi connectivity index (χ0n) is 12.3. The average Bonchev–Trinajstić information content (AvgIpc) is 3.25. The minimum atomic E-state index is 0.498. The summed E-state index contributed by atoms with van der Waals surface area (Å²) in [5.74, 6) is 1.95. The SMILES string of the molecule is CCCNC(CC1CC1)c1cccc(OCCC)c1. The van der Waals surface area contributed by atoms with Gasteiger partial charge < -0.3 is 10.1 Å². The van der Waals surface area contributed by atoms with E-state index in [1.165, 1.54) is 31.2 Å². The van der Waals surface area contributed by atoms with Gasteiger partial charge in [0, 0.05) is 6.04 Å². The highest BCUT2D eigenvalue weighted by atomic mass is 16.5. The zero-order valence-corrected chi connectivity index (χ0v) is 12.3. The molecule has 0 amide bonds. The Kier molecular flexibility index (Phi) is 5.71. The first-order valence-electron chi connectivity index (χ1n) is 7.79. The van der Waals surface area contributed by atoms with E-state index in [1.807, 2.05) is 0 Å². The second-order valence-corrected chi connectivity index (χ2v) is 5.61. The fourth-order valence-corrected chi connectivity index (χ4v) is 2.38. The van der Waals surface area contributed by atoms with Crippen LogP contribution in [0, 0.1) is 5.92 Å². The van der Waals surface area contributed by atoms with Crippen molar-refractivity contribution in [1.82, 2.24) is 5.32 Å². The van der Waals surface area contributed by atoms with Gasteiger partial charge in [-0.1, -0.05) is 38.8 Å². The summed E-state index contributed by atoms with van der Waals surface area (Å²) in [4.78, 5) is 0. The van der Waals surface area contributed by atoms with E-state index in [9.17, 15) is 0 Å². The lowest BCUT2D eigenvalue weighted by Gasteiger charge is -2.19. The Bertz CT molecular complexity index is 373. The molecule has 106 valence electrons. The summed E-state index contributed by atoms with van der Waals surface area (Å²) in [5.41, 5.74) is 1.38. The van der Waals surface area contributed by atoms with Gasteiger partial charge in [0.15, 0.2) is 0 Å². The van der Waals surface area contributed by atoms with Crippen molar-refractivity contribution in [2.24, 2.45) is 5.92 Å². The maximum Gasteiger partial charge on any atom is 0.119 e. The summed E-state index contributed by atoms with van der Waals surface area (Å²) in [5, 5.41) is 3.68. The van der Waals surface area contributed by atoms with E-state index in [4.69, 9.17) is 4.74 Å². The van der Waals surface area contributed by atoms with E-state index < -0.39 is 0 Å². The Morgan fingerprint density at radius 2 is 2.11 bits per heavy atom. The van der Waals surface area contributed by atoms with Crippen LogP contribution in [0.4, 0.5) is 0 Å². The van der Waals surface area contributed by atoms with Gasteiger partial charge in [-0.15, -0.1) is 0 Å². The Balaban J connectivity index is 2.01. The summed E-state index contributed by atoms with van der Waals surface area (Å²) >= 11 is 0. The van der Waals surface area contributed by atoms with Crippen LogP contribution in [0.5, 0.6) is 5.75 Å². The molecule has 1 atom stereocenters. The Labute approximate surface area is 117 Å². The first-order chi connectivity index (χ1) is 9.33. The minimum absolute atomic E-state index is 0.498. The highest BCUT2D eigenvalue weighted by molar-refractivity contribution is 5.30. The summed E-state index contributed by atoms with van der Waals surface area (Å²) in [6.45, 7) is 6.26. The molecule has 1 aromatic rings. The highest BCUT2D eigenvalue weighted by Gasteiger charge is 2.26. The van der Waals surface area contributed by atoms with Crippen LogP contribution in [0.1, 0.15) is 57.6 Å². The van der Waals surface area contributed by atoms with Crippen molar-refractivity contribution in [3.63, 3.8) is 0 Å². The first kappa shape index (κ1) is 14.4. The van der Waals surface area contributed by atoms with Crippen molar-refractivity contribution in [2.75, 3.05) is 13.2 Å². The molecule has 19 heavy (non-hydrogen) atoms. The van der Waals surface area contributed by atoms with Crippen LogP contribution < -0.4 is 10.1 Å². The summed E-state index contributed by atoms with van der Waals surface area (Å²) < 4.78 is 5.74. The highest BCUT2D eigenvalue weighted by Crippen LogP contribution is 2.38. The average molecular weight is 261 g/mol. The van der Waals surface area contributed by atoms with Gasteiger partial charge in [0.05, 0.1) is 6.61 Å². The standard InChI is InChI=1S/C17H27NO/c1-3-10-18-17(12-14-8-9-14)15-6-5-7-16(13-15)19-11-4-2/h5-7,13-14,17-18H,3-4,8-12H2,1-2H3. The van der Waals surface area contributed by atoms with Gasteiger partial charge >= 0.3 is 0 Å². The van der Waals surface area contributed by atoms with Crippen LogP contribution in [0.2, 0.25) is 0 Å². The van der Waals surface area contributed by atoms with Gasteiger partial charge in [-0.05, 0) is 49.4 Å². The summed E-state index contributed by atoms with van der Waals surface area (Å²) in [6, 6.07) is 9.12. The molecule has 0 aromatic heterocycles. The maximum absolute atomic E-state index is 5.74. The second kappa shape index (κ2) is 7.54. The minimum Gasteiger partial charge on any atom is -0.494 e. The van der Waals surface area contributed by atoms with Crippen LogP contribution in [-0.4, -0.2) is 13.2 Å². The fraction of sp³-hybridized carbons (Fsp3) is 0.647. The number of nitrogens with one attached hydrogen (secondary N) is 1. The van der Waals surface area contributed by atoms with Crippen molar-refractivity contribution in [1.29, 1.82) is 0 Å². The molecular weight excluding hydrogens is 234 g/mol. The van der Waals surface area contributed by atoms with E-state index in [1.54, 1.807) is 0 Å². The molecule has 1 fully saturated rings. The molecule has 1 unspecified atom stereocenters. The lowest BCUT2D eigenvalue weighted by atomic mass is 10.0. The van der Waals surface area contributed by atoms with E-state index >= 15 is 0 Å². The van der Waals surface area contributed by atoms with Gasteiger partial charge in [0.2, 0.25) is 0 Å². The Morgan fingerprint density at radius 1 is 1.26 bits per heavy atom. The van der Waals surface area contributed by atoms with Crippen molar-refractivity contribution in [2.45, 2.75) is 52.0 Å². The normalized spacial score (nSPS) is 16.3. The van der Waals surface area contributed by atoms with Crippen molar-refractivity contribution >= 4 is 0 Å². The lowest BCUT2D eigenvalue weighted by Crippen LogP contribution is -2.22. The quantitative estimate of drug-likeness (QED) is 0.715. The van der Waals surface area contributed by atoms with E-state index in [0.717, 1.165) is 31.2 Å². The molecule has 1 aliphatic rings. The zero-order chi connectivity index (χ0) is 13.5. The van der Waals surface area contributed by atoms with E-state index in [-0.39, 0.29) is 0 Å². The largest absolute Gasteiger partial charge is 0.494 e. The van der Waals surface area contributed by atoms with E-state index in [2.05, 4.69) is 43.4 Å². The molecule has 0 radical (unpaired) electrons.